The van der Waals surface area contributed by atoms with Crippen LogP contribution in [0.4, 0.5) is 18.9 Å². The predicted molar refractivity (Wildman–Crippen MR) is 125 cm³/mol. The Balaban J connectivity index is 1.47. The van der Waals surface area contributed by atoms with Gasteiger partial charge >= 0.3 is 11.9 Å². The van der Waals surface area contributed by atoms with Gasteiger partial charge < -0.3 is 15.6 Å². The summed E-state index contributed by atoms with van der Waals surface area (Å²) >= 11 is 0. The van der Waals surface area contributed by atoms with Crippen LogP contribution in [-0.4, -0.2) is 21.9 Å². The van der Waals surface area contributed by atoms with Crippen LogP contribution in [-0.2, 0) is 12.7 Å². The van der Waals surface area contributed by atoms with E-state index in [1.54, 1.807) is 0 Å². The monoisotopic (exact) mass is 486 g/mol. The lowest BCUT2D eigenvalue weighted by Crippen LogP contribution is -2.40. The van der Waals surface area contributed by atoms with Crippen LogP contribution in [0.2, 0.25) is 0 Å². The topological polar surface area (TPSA) is 107 Å². The van der Waals surface area contributed by atoms with E-state index in [2.05, 4.69) is 27.8 Å². The molecular formula is C25H25F3N4O3. The van der Waals surface area contributed by atoms with Crippen LogP contribution in [0, 0.1) is 0 Å². The van der Waals surface area contributed by atoms with Crippen LogP contribution < -0.4 is 21.9 Å². The summed E-state index contributed by atoms with van der Waals surface area (Å²) in [5, 5.41) is 5.46. The molecule has 2 aromatic carbocycles. The Morgan fingerprint density at radius 2 is 1.57 bits per heavy atom. The molecule has 0 radical (unpaired) electrons. The number of aromatic nitrogens is 2. The summed E-state index contributed by atoms with van der Waals surface area (Å²) in [5.74, 6) is -0.266. The van der Waals surface area contributed by atoms with Crippen LogP contribution in [0.1, 0.15) is 58.8 Å². The van der Waals surface area contributed by atoms with Crippen molar-refractivity contribution in [1.82, 2.24) is 15.3 Å². The van der Waals surface area contributed by atoms with Gasteiger partial charge in [0.05, 0.1) is 5.56 Å². The van der Waals surface area contributed by atoms with Gasteiger partial charge in [0.2, 0.25) is 0 Å². The number of hydrogen-bond donors (Lipinski definition) is 4. The normalized spacial score (nSPS) is 18.1. The molecule has 3 aromatic rings. The molecule has 0 saturated heterocycles. The first-order valence-corrected chi connectivity index (χ1v) is 11.3. The zero-order valence-corrected chi connectivity index (χ0v) is 18.7. The highest BCUT2D eigenvalue weighted by atomic mass is 19.4. The molecule has 1 aromatic heterocycles. The summed E-state index contributed by atoms with van der Waals surface area (Å²) in [5.41, 5.74) is -2.08. The molecule has 0 spiro atoms. The minimum absolute atomic E-state index is 0.101. The molecule has 1 saturated carbocycles. The number of H-pyrrole nitrogens is 2. The molecule has 0 aliphatic heterocycles. The van der Waals surface area contributed by atoms with Crippen LogP contribution in [0.3, 0.4) is 0 Å². The largest absolute Gasteiger partial charge is 0.416 e. The molecular weight excluding hydrogens is 461 g/mol. The summed E-state index contributed by atoms with van der Waals surface area (Å²) in [4.78, 5) is 41.6. The summed E-state index contributed by atoms with van der Waals surface area (Å²) in [6, 6.07) is 14.9. The number of anilines is 1. The van der Waals surface area contributed by atoms with Gasteiger partial charge in [-0.25, -0.2) is 4.79 Å². The minimum Gasteiger partial charge on any atom is -0.375 e. The number of nitrogens with one attached hydrogen (secondary N) is 4. The zero-order valence-electron chi connectivity index (χ0n) is 18.7. The maximum atomic E-state index is 13.3. The molecule has 184 valence electrons. The van der Waals surface area contributed by atoms with E-state index in [-0.39, 0.29) is 29.5 Å². The molecule has 10 heteroatoms. The molecule has 1 heterocycles. The second-order valence-electron chi connectivity index (χ2n) is 8.60. The fourth-order valence-electron chi connectivity index (χ4n) is 4.51. The van der Waals surface area contributed by atoms with E-state index in [1.165, 1.54) is 23.8 Å². The maximum Gasteiger partial charge on any atom is 0.416 e. The van der Waals surface area contributed by atoms with Gasteiger partial charge in [-0.15, -0.1) is 0 Å². The van der Waals surface area contributed by atoms with E-state index in [0.29, 0.717) is 5.92 Å². The quantitative estimate of drug-likeness (QED) is 0.420. The first-order chi connectivity index (χ1) is 16.7. The number of halogens is 3. The Morgan fingerprint density at radius 3 is 2.26 bits per heavy atom. The summed E-state index contributed by atoms with van der Waals surface area (Å²) in [7, 11) is 0. The van der Waals surface area contributed by atoms with Crippen molar-refractivity contribution in [3.8, 4) is 0 Å². The van der Waals surface area contributed by atoms with Crippen molar-refractivity contribution < 1.29 is 18.0 Å². The van der Waals surface area contributed by atoms with Crippen molar-refractivity contribution in [2.75, 3.05) is 5.32 Å². The summed E-state index contributed by atoms with van der Waals surface area (Å²) < 4.78 is 39.9. The van der Waals surface area contributed by atoms with Gasteiger partial charge in [0, 0.05) is 12.6 Å². The smallest absolute Gasteiger partial charge is 0.375 e. The van der Waals surface area contributed by atoms with Gasteiger partial charge in [-0.05, 0) is 48.8 Å². The molecule has 0 atom stereocenters. The van der Waals surface area contributed by atoms with Crippen molar-refractivity contribution in [2.45, 2.75) is 50.4 Å². The first kappa shape index (κ1) is 24.3. The number of hydrogen-bond acceptors (Lipinski definition) is 4. The highest BCUT2D eigenvalue weighted by Gasteiger charge is 2.33. The molecule has 0 unspecified atom stereocenters. The minimum atomic E-state index is -4.57. The average Bonchev–Trinajstić information content (AvgIpc) is 2.83. The molecule has 4 N–H and O–H groups in total. The number of benzene rings is 2. The van der Waals surface area contributed by atoms with E-state index in [4.69, 9.17) is 0 Å². The van der Waals surface area contributed by atoms with E-state index < -0.39 is 28.9 Å². The molecule has 7 nitrogen and oxygen atoms in total. The third kappa shape index (κ3) is 5.82. The van der Waals surface area contributed by atoms with E-state index in [9.17, 15) is 27.6 Å². The van der Waals surface area contributed by atoms with Gasteiger partial charge in [-0.2, -0.15) is 13.2 Å². The van der Waals surface area contributed by atoms with Gasteiger partial charge in [-0.3, -0.25) is 14.6 Å². The molecule has 1 aliphatic carbocycles. The van der Waals surface area contributed by atoms with E-state index in [0.717, 1.165) is 31.7 Å². The predicted octanol–water partition coefficient (Wildman–Crippen LogP) is 4.15. The molecule has 35 heavy (non-hydrogen) atoms. The van der Waals surface area contributed by atoms with Gasteiger partial charge in [0.25, 0.3) is 11.5 Å². The van der Waals surface area contributed by atoms with Gasteiger partial charge in [0.15, 0.2) is 0 Å². The SMILES string of the molecule is O=C(NC1CCC(c2ccccc2)CC1)c1[nH]c(=O)[nH]c(=O)c1NCc1ccccc1C(F)(F)F. The van der Waals surface area contributed by atoms with E-state index >= 15 is 0 Å². The highest BCUT2D eigenvalue weighted by Crippen LogP contribution is 2.33. The van der Waals surface area contributed by atoms with Crippen molar-refractivity contribution >= 4 is 11.6 Å². The van der Waals surface area contributed by atoms with Crippen LogP contribution in [0.25, 0.3) is 0 Å². The lowest BCUT2D eigenvalue weighted by molar-refractivity contribution is -0.138. The number of alkyl halides is 3. The number of amides is 1. The lowest BCUT2D eigenvalue weighted by Gasteiger charge is -2.29. The number of aromatic amines is 2. The third-order valence-electron chi connectivity index (χ3n) is 6.28. The van der Waals surface area contributed by atoms with Gasteiger partial charge in [0.1, 0.15) is 11.4 Å². The lowest BCUT2D eigenvalue weighted by atomic mass is 9.82. The Bertz CT molecular complexity index is 1290. The molecule has 0 bridgehead atoms. The second kappa shape index (κ2) is 10.2. The first-order valence-electron chi connectivity index (χ1n) is 11.3. The third-order valence-corrected chi connectivity index (χ3v) is 6.28. The van der Waals surface area contributed by atoms with Crippen molar-refractivity contribution in [3.63, 3.8) is 0 Å². The zero-order chi connectivity index (χ0) is 25.0. The highest BCUT2D eigenvalue weighted by molar-refractivity contribution is 5.97. The number of carbonyl (C=O) groups excluding carboxylic acids is 1. The Labute approximate surface area is 198 Å². The number of carbonyl (C=O) groups is 1. The van der Waals surface area contributed by atoms with Crippen LogP contribution >= 0.6 is 0 Å². The maximum absolute atomic E-state index is 13.3. The summed E-state index contributed by atoms with van der Waals surface area (Å²) in [6.07, 6.45) is -1.38. The van der Waals surface area contributed by atoms with Crippen molar-refractivity contribution in [1.29, 1.82) is 0 Å². The fraction of sp³-hybridized carbons (Fsp3) is 0.320. The Morgan fingerprint density at radius 1 is 0.914 bits per heavy atom. The number of rotatable bonds is 6. The summed E-state index contributed by atoms with van der Waals surface area (Å²) in [6.45, 7) is -0.368. The standard InChI is InChI=1S/C25H25F3N4O3/c26-25(27,28)19-9-5-4-8-17(19)14-29-20-21(31-24(35)32-22(20)33)23(34)30-18-12-10-16(11-13-18)15-6-2-1-3-7-15/h1-9,16,18,29H,10-14H2,(H,30,34)(H2,31,32,33,35). The molecule has 1 amide bonds. The molecule has 4 rings (SSSR count). The second-order valence-corrected chi connectivity index (χ2v) is 8.60. The van der Waals surface area contributed by atoms with Crippen molar-refractivity contribution in [2.24, 2.45) is 0 Å². The Kier molecular flexibility index (Phi) is 7.09. The Hall–Kier alpha value is -3.82. The van der Waals surface area contributed by atoms with Crippen LogP contribution in [0.5, 0.6) is 0 Å². The van der Waals surface area contributed by atoms with Crippen molar-refractivity contribution in [3.05, 3.63) is 97.8 Å². The molecule has 1 fully saturated rings. The van der Waals surface area contributed by atoms with Gasteiger partial charge in [-0.1, -0.05) is 48.5 Å². The average molecular weight is 486 g/mol. The molecule has 1 aliphatic rings. The van der Waals surface area contributed by atoms with Crippen LogP contribution in [0.15, 0.2) is 64.2 Å². The fourth-order valence-corrected chi connectivity index (χ4v) is 4.51. The van der Waals surface area contributed by atoms with E-state index in [1.807, 2.05) is 23.2 Å².